The highest BCUT2D eigenvalue weighted by Gasteiger charge is 2.17. The molecule has 6 heteroatoms. The molecular formula is C5H15ClN3OP. The number of rotatable bonds is 5. The normalized spacial score (nSPS) is 12.5. The second kappa shape index (κ2) is 5.12. The summed E-state index contributed by atoms with van der Waals surface area (Å²) < 4.78 is 11.9. The first-order chi connectivity index (χ1) is 4.98. The smallest absolute Gasteiger partial charge is 0.270 e. The largest absolute Gasteiger partial charge is 0.290 e. The lowest BCUT2D eigenvalue weighted by Crippen LogP contribution is -2.21. The summed E-state index contributed by atoms with van der Waals surface area (Å²) in [5.41, 5.74) is 10.2. The third-order valence-corrected chi connectivity index (χ3v) is 3.04. The molecule has 68 valence electrons. The van der Waals surface area contributed by atoms with Crippen molar-refractivity contribution in [2.24, 2.45) is 11.0 Å². The Morgan fingerprint density at radius 3 is 2.36 bits per heavy atom. The molecule has 4 nitrogen and oxygen atoms in total. The fourth-order valence-electron chi connectivity index (χ4n) is 0.649. The van der Waals surface area contributed by atoms with Crippen LogP contribution in [0.2, 0.25) is 0 Å². The van der Waals surface area contributed by atoms with Gasteiger partial charge >= 0.3 is 0 Å². The Balaban J connectivity index is 3.53. The molecule has 0 rings (SSSR count). The lowest BCUT2D eigenvalue weighted by atomic mass is 10.3. The highest BCUT2D eigenvalue weighted by Crippen LogP contribution is 2.33. The molecule has 0 aromatic carbocycles. The van der Waals surface area contributed by atoms with E-state index in [0.717, 1.165) is 23.5 Å². The van der Waals surface area contributed by atoms with E-state index in [1.165, 1.54) is 0 Å². The monoisotopic (exact) mass is 199 g/mol. The van der Waals surface area contributed by atoms with E-state index in [4.69, 9.17) is 22.8 Å². The van der Waals surface area contributed by atoms with Crippen LogP contribution in [-0.4, -0.2) is 10.7 Å². The maximum absolute atomic E-state index is 10.9. The van der Waals surface area contributed by atoms with Crippen molar-refractivity contribution in [3.8, 4) is 0 Å². The van der Waals surface area contributed by atoms with E-state index < -0.39 is 7.59 Å². The van der Waals surface area contributed by atoms with Gasteiger partial charge in [0.2, 0.25) is 0 Å². The summed E-state index contributed by atoms with van der Waals surface area (Å²) in [7, 11) is -3.20. The van der Waals surface area contributed by atoms with Crippen LogP contribution in [0.25, 0.3) is 0 Å². The Morgan fingerprint density at radius 1 is 1.45 bits per heavy atom. The minimum absolute atomic E-state index is 0.486. The fourth-order valence-corrected chi connectivity index (χ4v) is 1.22. The van der Waals surface area contributed by atoms with Gasteiger partial charge in [-0.25, -0.2) is 0 Å². The SMILES string of the molecule is CCCCCN(Cl)P(N)(N)=O. The molecule has 0 aliphatic heterocycles. The van der Waals surface area contributed by atoms with E-state index in [9.17, 15) is 4.57 Å². The van der Waals surface area contributed by atoms with Gasteiger partial charge in [-0.2, -0.15) is 0 Å². The standard InChI is InChI=1S/C5H15ClN3OP/c1-2-3-4-5-9(6)11(7,8)10/h2-5H2,1H3,(H4,7,8,10). The molecule has 0 aromatic rings. The third-order valence-electron chi connectivity index (χ3n) is 1.29. The van der Waals surface area contributed by atoms with Gasteiger partial charge in [0.05, 0.1) is 0 Å². The average Bonchev–Trinajstić information content (AvgIpc) is 1.86. The number of halogens is 1. The summed E-state index contributed by atoms with van der Waals surface area (Å²) in [5.74, 6) is 0. The van der Waals surface area contributed by atoms with Gasteiger partial charge in [-0.15, -0.1) is 4.19 Å². The van der Waals surface area contributed by atoms with Crippen LogP contribution in [-0.2, 0) is 4.57 Å². The summed E-state index contributed by atoms with van der Waals surface area (Å²) in [6.45, 7) is 2.56. The van der Waals surface area contributed by atoms with Crippen molar-refractivity contribution in [1.82, 2.24) is 4.19 Å². The van der Waals surface area contributed by atoms with E-state index in [-0.39, 0.29) is 0 Å². The maximum atomic E-state index is 10.9. The molecule has 0 amide bonds. The van der Waals surface area contributed by atoms with Crippen molar-refractivity contribution in [1.29, 1.82) is 0 Å². The van der Waals surface area contributed by atoms with E-state index in [1.54, 1.807) is 0 Å². The van der Waals surface area contributed by atoms with Crippen LogP contribution in [0.4, 0.5) is 0 Å². The molecule has 0 bridgehead atoms. The zero-order chi connectivity index (χ0) is 8.91. The molecule has 11 heavy (non-hydrogen) atoms. The molecule has 0 aliphatic carbocycles. The highest BCUT2D eigenvalue weighted by atomic mass is 35.5. The van der Waals surface area contributed by atoms with E-state index >= 15 is 0 Å². The number of nitrogens with two attached hydrogens (primary N) is 2. The zero-order valence-electron chi connectivity index (χ0n) is 6.66. The molecule has 0 aliphatic rings. The first-order valence-corrected chi connectivity index (χ1v) is 5.73. The summed E-state index contributed by atoms with van der Waals surface area (Å²) in [6.07, 6.45) is 3.01. The highest BCUT2D eigenvalue weighted by molar-refractivity contribution is 7.57. The Bertz CT molecular complexity index is 149. The van der Waals surface area contributed by atoms with Crippen molar-refractivity contribution in [3.05, 3.63) is 0 Å². The van der Waals surface area contributed by atoms with Crippen molar-refractivity contribution < 1.29 is 4.57 Å². The number of hydrogen-bond donors (Lipinski definition) is 2. The Hall–Kier alpha value is 0.400. The molecule has 4 N–H and O–H groups in total. The summed E-state index contributed by atoms with van der Waals surface area (Å²) in [6, 6.07) is 0. The zero-order valence-corrected chi connectivity index (χ0v) is 8.31. The first-order valence-electron chi connectivity index (χ1n) is 3.59. The topological polar surface area (TPSA) is 72.3 Å². The molecule has 0 fully saturated rings. The van der Waals surface area contributed by atoms with Crippen LogP contribution in [0.15, 0.2) is 0 Å². The Kier molecular flexibility index (Phi) is 5.30. The van der Waals surface area contributed by atoms with E-state index in [2.05, 4.69) is 6.92 Å². The van der Waals surface area contributed by atoms with Crippen molar-refractivity contribution in [3.63, 3.8) is 0 Å². The molecule has 0 atom stereocenters. The van der Waals surface area contributed by atoms with Crippen LogP contribution in [0.5, 0.6) is 0 Å². The molecule has 0 radical (unpaired) electrons. The fraction of sp³-hybridized carbons (Fsp3) is 1.00. The van der Waals surface area contributed by atoms with E-state index in [0.29, 0.717) is 6.54 Å². The molecule has 0 aromatic heterocycles. The third kappa shape index (κ3) is 5.65. The molecular weight excluding hydrogens is 185 g/mol. The molecule has 0 saturated carbocycles. The van der Waals surface area contributed by atoms with Crippen LogP contribution >= 0.6 is 19.4 Å². The van der Waals surface area contributed by atoms with Gasteiger partial charge in [0.25, 0.3) is 7.59 Å². The number of hydrogen-bond acceptors (Lipinski definition) is 1. The predicted molar refractivity (Wildman–Crippen MR) is 48.1 cm³/mol. The average molecular weight is 200 g/mol. The summed E-state index contributed by atoms with van der Waals surface area (Å²) in [4.78, 5) is 0. The van der Waals surface area contributed by atoms with E-state index in [1.807, 2.05) is 0 Å². The lowest BCUT2D eigenvalue weighted by Gasteiger charge is -2.16. The van der Waals surface area contributed by atoms with Crippen LogP contribution < -0.4 is 11.0 Å². The molecule has 0 heterocycles. The number of unbranched alkanes of at least 4 members (excludes halogenated alkanes) is 2. The van der Waals surface area contributed by atoms with Gasteiger partial charge in [0.1, 0.15) is 0 Å². The van der Waals surface area contributed by atoms with Gasteiger partial charge in [-0.3, -0.25) is 15.6 Å². The van der Waals surface area contributed by atoms with Crippen molar-refractivity contribution >= 4 is 19.4 Å². The van der Waals surface area contributed by atoms with Crippen molar-refractivity contribution in [2.75, 3.05) is 6.54 Å². The van der Waals surface area contributed by atoms with Crippen molar-refractivity contribution in [2.45, 2.75) is 26.2 Å². The Morgan fingerprint density at radius 2 is 2.00 bits per heavy atom. The molecule has 0 spiro atoms. The Labute approximate surface area is 72.5 Å². The van der Waals surface area contributed by atoms with Gasteiger partial charge in [0.15, 0.2) is 0 Å². The van der Waals surface area contributed by atoms with Crippen LogP contribution in [0.3, 0.4) is 0 Å². The lowest BCUT2D eigenvalue weighted by molar-refractivity contribution is 0.517. The maximum Gasteiger partial charge on any atom is 0.290 e. The van der Waals surface area contributed by atoms with Gasteiger partial charge in [-0.1, -0.05) is 19.8 Å². The summed E-state index contributed by atoms with van der Waals surface area (Å²) >= 11 is 5.51. The number of nitrogens with zero attached hydrogens (tertiary/aromatic N) is 1. The second-order valence-electron chi connectivity index (χ2n) is 2.44. The minimum Gasteiger partial charge on any atom is -0.270 e. The summed E-state index contributed by atoms with van der Waals surface area (Å²) in [5, 5.41) is 0. The quantitative estimate of drug-likeness (QED) is 0.401. The van der Waals surface area contributed by atoms with Gasteiger partial charge < -0.3 is 0 Å². The van der Waals surface area contributed by atoms with Crippen LogP contribution in [0.1, 0.15) is 26.2 Å². The molecule has 0 unspecified atom stereocenters. The molecule has 0 saturated heterocycles. The first kappa shape index (κ1) is 11.4. The minimum atomic E-state index is -3.20. The second-order valence-corrected chi connectivity index (χ2v) is 4.91. The van der Waals surface area contributed by atoms with Gasteiger partial charge in [-0.05, 0) is 18.2 Å². The predicted octanol–water partition coefficient (Wildman–Crippen LogP) is 1.66. The van der Waals surface area contributed by atoms with Crippen LogP contribution in [0, 0.1) is 0 Å². The van der Waals surface area contributed by atoms with Gasteiger partial charge in [0, 0.05) is 6.54 Å².